The van der Waals surface area contributed by atoms with Crippen LogP contribution in [0.5, 0.6) is 0 Å². The molecule has 21 heavy (non-hydrogen) atoms. The second kappa shape index (κ2) is 6.58. The summed E-state index contributed by atoms with van der Waals surface area (Å²) >= 11 is 2.96. The molecule has 0 saturated heterocycles. The van der Waals surface area contributed by atoms with Crippen LogP contribution in [0.4, 0.5) is 17.6 Å². The number of hydrogen-bond donors (Lipinski definition) is 1. The maximum absolute atomic E-state index is 13.8. The molecule has 0 aliphatic rings. The fraction of sp³-hybridized carbons (Fsp3) is 0.200. The molecule has 0 aliphatic carbocycles. The highest BCUT2D eigenvalue weighted by Crippen LogP contribution is 2.23. The lowest BCUT2D eigenvalue weighted by molar-refractivity contribution is 0.511. The molecule has 0 radical (unpaired) electrons. The summed E-state index contributed by atoms with van der Waals surface area (Å²) in [6, 6.07) is 5.02. The predicted molar refractivity (Wildman–Crippen MR) is 75.8 cm³/mol. The normalized spacial score (nSPS) is 12.5. The van der Waals surface area contributed by atoms with Crippen LogP contribution < -0.4 is 5.73 Å². The van der Waals surface area contributed by atoms with E-state index < -0.39 is 29.3 Å². The Hall–Kier alpha value is -1.40. The van der Waals surface area contributed by atoms with Crippen LogP contribution >= 0.6 is 15.9 Å². The van der Waals surface area contributed by atoms with Crippen molar-refractivity contribution in [1.82, 2.24) is 0 Å². The SMILES string of the molecule is NC(Cc1c(F)cccc1F)Cc1c(F)ccc(Br)c1F. The Bertz CT molecular complexity index is 640. The molecule has 2 N–H and O–H groups in total. The van der Waals surface area contributed by atoms with Gasteiger partial charge in [-0.1, -0.05) is 6.07 Å². The molecular formula is C15H12BrF4N. The van der Waals surface area contributed by atoms with Crippen molar-refractivity contribution in [2.45, 2.75) is 18.9 Å². The van der Waals surface area contributed by atoms with Gasteiger partial charge in [-0.05, 0) is 53.0 Å². The molecule has 2 aromatic carbocycles. The number of nitrogens with two attached hydrogens (primary N) is 1. The van der Waals surface area contributed by atoms with Crippen LogP contribution in [0, 0.1) is 23.3 Å². The average molecular weight is 362 g/mol. The maximum atomic E-state index is 13.8. The van der Waals surface area contributed by atoms with E-state index in [2.05, 4.69) is 15.9 Å². The summed E-state index contributed by atoms with van der Waals surface area (Å²) in [7, 11) is 0. The van der Waals surface area contributed by atoms with Crippen molar-refractivity contribution in [3.8, 4) is 0 Å². The molecule has 0 aromatic heterocycles. The molecule has 1 unspecified atom stereocenters. The second-order valence-electron chi connectivity index (χ2n) is 4.69. The summed E-state index contributed by atoms with van der Waals surface area (Å²) in [5, 5.41) is 0. The predicted octanol–water partition coefficient (Wildman–Crippen LogP) is 4.12. The molecular weight excluding hydrogens is 350 g/mol. The van der Waals surface area contributed by atoms with E-state index in [1.54, 1.807) is 0 Å². The lowest BCUT2D eigenvalue weighted by atomic mass is 9.98. The van der Waals surface area contributed by atoms with Crippen molar-refractivity contribution in [3.05, 3.63) is 69.2 Å². The van der Waals surface area contributed by atoms with Gasteiger partial charge >= 0.3 is 0 Å². The Morgan fingerprint density at radius 1 is 0.857 bits per heavy atom. The number of benzene rings is 2. The molecule has 2 aromatic rings. The minimum atomic E-state index is -0.810. The molecule has 0 aliphatic heterocycles. The largest absolute Gasteiger partial charge is 0.327 e. The van der Waals surface area contributed by atoms with Crippen LogP contribution in [0.25, 0.3) is 0 Å². The molecule has 0 spiro atoms. The first-order valence-electron chi connectivity index (χ1n) is 6.21. The number of halogens is 5. The standard InChI is InChI=1S/C15H12BrF4N/c16-11-4-5-14(19)10(15(11)20)7-8(21)6-9-12(17)2-1-3-13(9)18/h1-5,8H,6-7,21H2. The lowest BCUT2D eigenvalue weighted by Gasteiger charge is -2.14. The molecule has 0 fully saturated rings. The van der Waals surface area contributed by atoms with Crippen LogP contribution in [-0.2, 0) is 12.8 Å². The smallest absolute Gasteiger partial charge is 0.143 e. The lowest BCUT2D eigenvalue weighted by Crippen LogP contribution is -2.27. The van der Waals surface area contributed by atoms with Gasteiger partial charge in [0.1, 0.15) is 23.3 Å². The third-order valence-corrected chi connectivity index (χ3v) is 3.75. The van der Waals surface area contributed by atoms with Gasteiger partial charge in [-0.15, -0.1) is 0 Å². The van der Waals surface area contributed by atoms with Crippen LogP contribution in [0.3, 0.4) is 0 Å². The third kappa shape index (κ3) is 3.63. The molecule has 112 valence electrons. The van der Waals surface area contributed by atoms with E-state index in [1.807, 2.05) is 0 Å². The zero-order valence-electron chi connectivity index (χ0n) is 10.8. The van der Waals surface area contributed by atoms with Crippen molar-refractivity contribution >= 4 is 15.9 Å². The summed E-state index contributed by atoms with van der Waals surface area (Å²) in [4.78, 5) is 0. The monoisotopic (exact) mass is 361 g/mol. The minimum Gasteiger partial charge on any atom is -0.327 e. The maximum Gasteiger partial charge on any atom is 0.143 e. The number of rotatable bonds is 4. The van der Waals surface area contributed by atoms with Crippen molar-refractivity contribution in [3.63, 3.8) is 0 Å². The molecule has 0 saturated carbocycles. The van der Waals surface area contributed by atoms with Crippen LogP contribution in [0.1, 0.15) is 11.1 Å². The van der Waals surface area contributed by atoms with Gasteiger partial charge in [0.2, 0.25) is 0 Å². The topological polar surface area (TPSA) is 26.0 Å². The quantitative estimate of drug-likeness (QED) is 0.643. The summed E-state index contributed by atoms with van der Waals surface area (Å²) < 4.78 is 54.6. The van der Waals surface area contributed by atoms with Gasteiger partial charge in [0.05, 0.1) is 4.47 Å². The molecule has 1 nitrogen and oxygen atoms in total. The van der Waals surface area contributed by atoms with E-state index in [0.29, 0.717) is 0 Å². The summed E-state index contributed by atoms with van der Waals surface area (Å²) in [6.07, 6.45) is -0.311. The molecule has 0 bridgehead atoms. The first-order valence-corrected chi connectivity index (χ1v) is 7.00. The molecule has 2 rings (SSSR count). The van der Waals surface area contributed by atoms with Gasteiger partial charge in [-0.25, -0.2) is 17.6 Å². The van der Waals surface area contributed by atoms with E-state index in [1.165, 1.54) is 12.1 Å². The molecule has 1 atom stereocenters. The Morgan fingerprint density at radius 3 is 2.00 bits per heavy atom. The van der Waals surface area contributed by atoms with E-state index in [0.717, 1.165) is 18.2 Å². The van der Waals surface area contributed by atoms with E-state index in [4.69, 9.17) is 5.73 Å². The van der Waals surface area contributed by atoms with Gasteiger partial charge in [-0.3, -0.25) is 0 Å². The number of hydrogen-bond acceptors (Lipinski definition) is 1. The van der Waals surface area contributed by atoms with E-state index in [-0.39, 0.29) is 28.4 Å². The first kappa shape index (κ1) is 16.0. The van der Waals surface area contributed by atoms with Crippen molar-refractivity contribution in [2.75, 3.05) is 0 Å². The molecule has 0 heterocycles. The van der Waals surface area contributed by atoms with Crippen LogP contribution in [-0.4, -0.2) is 6.04 Å². The fourth-order valence-electron chi connectivity index (χ4n) is 2.08. The van der Waals surface area contributed by atoms with Gasteiger partial charge < -0.3 is 5.73 Å². The molecule has 6 heteroatoms. The summed E-state index contributed by atoms with van der Waals surface area (Å²) in [5.74, 6) is -2.93. The van der Waals surface area contributed by atoms with Crippen molar-refractivity contribution in [2.24, 2.45) is 5.73 Å². The van der Waals surface area contributed by atoms with Gasteiger partial charge in [0.15, 0.2) is 0 Å². The Balaban J connectivity index is 2.20. The van der Waals surface area contributed by atoms with E-state index >= 15 is 0 Å². The average Bonchev–Trinajstić information content (AvgIpc) is 2.43. The highest BCUT2D eigenvalue weighted by molar-refractivity contribution is 9.10. The second-order valence-corrected chi connectivity index (χ2v) is 5.54. The van der Waals surface area contributed by atoms with Gasteiger partial charge in [-0.2, -0.15) is 0 Å². The van der Waals surface area contributed by atoms with Crippen molar-refractivity contribution < 1.29 is 17.6 Å². The highest BCUT2D eigenvalue weighted by Gasteiger charge is 2.18. The van der Waals surface area contributed by atoms with Crippen molar-refractivity contribution in [1.29, 1.82) is 0 Å². The van der Waals surface area contributed by atoms with E-state index in [9.17, 15) is 17.6 Å². The van der Waals surface area contributed by atoms with Crippen LogP contribution in [0.15, 0.2) is 34.8 Å². The fourth-order valence-corrected chi connectivity index (χ4v) is 2.45. The zero-order chi connectivity index (χ0) is 15.6. The summed E-state index contributed by atoms with van der Waals surface area (Å²) in [5.41, 5.74) is 5.40. The first-order chi connectivity index (χ1) is 9.90. The van der Waals surface area contributed by atoms with Crippen LogP contribution in [0.2, 0.25) is 0 Å². The van der Waals surface area contributed by atoms with Gasteiger partial charge in [0.25, 0.3) is 0 Å². The minimum absolute atomic E-state index is 0.114. The zero-order valence-corrected chi connectivity index (χ0v) is 12.4. The Labute approximate surface area is 127 Å². The Kier molecular flexibility index (Phi) is 5.00. The van der Waals surface area contributed by atoms with Gasteiger partial charge in [0, 0.05) is 17.2 Å². The third-order valence-electron chi connectivity index (χ3n) is 3.13. The highest BCUT2D eigenvalue weighted by atomic mass is 79.9. The summed E-state index contributed by atoms with van der Waals surface area (Å²) in [6.45, 7) is 0. The Morgan fingerprint density at radius 2 is 1.38 bits per heavy atom. The molecule has 0 amide bonds.